The number of rotatable bonds is 4. The molecule has 19 heavy (non-hydrogen) atoms. The fourth-order valence-corrected chi connectivity index (χ4v) is 2.48. The van der Waals surface area contributed by atoms with Crippen LogP contribution in [-0.2, 0) is 29.1 Å². The van der Waals surface area contributed by atoms with Crippen molar-refractivity contribution in [3.8, 4) is 0 Å². The first-order valence-electron chi connectivity index (χ1n) is 6.38. The number of aldehydes is 1. The van der Waals surface area contributed by atoms with Crippen molar-refractivity contribution < 1.29 is 9.59 Å². The maximum Gasteiger partial charge on any atom is 0.243 e. The first kappa shape index (κ1) is 13.3. The Morgan fingerprint density at radius 2 is 2.05 bits per heavy atom. The third-order valence-corrected chi connectivity index (χ3v) is 3.43. The largest absolute Gasteiger partial charge is 0.400 e. The second-order valence-electron chi connectivity index (χ2n) is 4.83. The summed E-state index contributed by atoms with van der Waals surface area (Å²) in [5, 5.41) is 0. The van der Waals surface area contributed by atoms with Crippen molar-refractivity contribution in [3.63, 3.8) is 0 Å². The molecular formula is C15H18N2O2. The molecule has 0 unspecified atom stereocenters. The Hall–Kier alpha value is -2.10. The molecular weight excluding hydrogens is 240 g/mol. The van der Waals surface area contributed by atoms with Crippen LogP contribution in [0.5, 0.6) is 0 Å². The first-order valence-corrected chi connectivity index (χ1v) is 6.38. The van der Waals surface area contributed by atoms with E-state index in [1.807, 2.05) is 4.90 Å². The van der Waals surface area contributed by atoms with Crippen LogP contribution in [-0.4, -0.2) is 17.0 Å². The number of benzene rings is 1. The van der Waals surface area contributed by atoms with E-state index in [0.717, 1.165) is 6.42 Å². The van der Waals surface area contributed by atoms with Crippen molar-refractivity contribution in [2.45, 2.75) is 33.4 Å². The Morgan fingerprint density at radius 1 is 1.37 bits per heavy atom. The van der Waals surface area contributed by atoms with Gasteiger partial charge < -0.3 is 10.6 Å². The van der Waals surface area contributed by atoms with Crippen molar-refractivity contribution in [3.05, 3.63) is 46.3 Å². The molecule has 1 aromatic carbocycles. The van der Waals surface area contributed by atoms with Crippen molar-refractivity contribution in [1.29, 1.82) is 0 Å². The first-order chi connectivity index (χ1) is 9.06. The fraction of sp³-hybridized carbons (Fsp3) is 0.333. The van der Waals surface area contributed by atoms with Gasteiger partial charge in [0.05, 0.1) is 0 Å². The molecule has 100 valence electrons. The Bertz CT molecular complexity index is 557. The molecule has 0 fully saturated rings. The second-order valence-corrected chi connectivity index (χ2v) is 4.83. The predicted octanol–water partition coefficient (Wildman–Crippen LogP) is 1.52. The monoisotopic (exact) mass is 258 g/mol. The molecule has 4 nitrogen and oxygen atoms in total. The molecule has 0 spiro atoms. The molecule has 0 aromatic heterocycles. The van der Waals surface area contributed by atoms with Crippen molar-refractivity contribution >= 4 is 12.1 Å². The summed E-state index contributed by atoms with van der Waals surface area (Å²) in [5.74, 6) is -0.552. The minimum Gasteiger partial charge on any atom is -0.400 e. The summed E-state index contributed by atoms with van der Waals surface area (Å²) >= 11 is 0. The number of nitrogens with two attached hydrogens (primary N) is 1. The van der Waals surface area contributed by atoms with Crippen LogP contribution >= 0.6 is 0 Å². The van der Waals surface area contributed by atoms with Gasteiger partial charge in [0.25, 0.3) is 0 Å². The normalized spacial score (nSPS) is 14.9. The minimum absolute atomic E-state index is 0.323. The number of carbonyl (C=O) groups is 2. The summed E-state index contributed by atoms with van der Waals surface area (Å²) in [6.07, 6.45) is 1.31. The van der Waals surface area contributed by atoms with Gasteiger partial charge in [0.2, 0.25) is 5.78 Å². The highest BCUT2D eigenvalue weighted by Crippen LogP contribution is 2.27. The number of hydrogen-bond acceptors (Lipinski definition) is 4. The van der Waals surface area contributed by atoms with Gasteiger partial charge in [-0.25, -0.2) is 0 Å². The average Bonchev–Trinajstić information content (AvgIpc) is 2.79. The van der Waals surface area contributed by atoms with Crippen LogP contribution in [0.1, 0.15) is 30.5 Å². The van der Waals surface area contributed by atoms with Crippen LogP contribution in [0.3, 0.4) is 0 Å². The van der Waals surface area contributed by atoms with Gasteiger partial charge in [-0.05, 0) is 30.0 Å². The van der Waals surface area contributed by atoms with E-state index in [-0.39, 0.29) is 0 Å². The summed E-state index contributed by atoms with van der Waals surface area (Å²) in [5.41, 5.74) is 10.1. The molecule has 2 rings (SSSR count). The van der Waals surface area contributed by atoms with Gasteiger partial charge in [0.1, 0.15) is 5.70 Å². The summed E-state index contributed by atoms with van der Waals surface area (Å²) in [4.78, 5) is 24.3. The maximum absolute atomic E-state index is 11.7. The number of carbonyl (C=O) groups excluding carboxylic acids is 2. The van der Waals surface area contributed by atoms with Crippen molar-refractivity contribution in [2.75, 3.05) is 0 Å². The van der Waals surface area contributed by atoms with Crippen LogP contribution in [0.15, 0.2) is 29.6 Å². The van der Waals surface area contributed by atoms with Crippen molar-refractivity contribution in [1.82, 2.24) is 4.90 Å². The molecule has 0 saturated heterocycles. The zero-order valence-corrected chi connectivity index (χ0v) is 11.3. The standard InChI is InChI=1S/C15H18N2O2/c1-3-11-4-5-12-7-17(8-13(12)6-11)15(10(2)16)14(19)9-18/h4-6,9H,3,7-8,16H2,1-2H3/b15-10-. The third kappa shape index (κ3) is 2.52. The van der Waals surface area contributed by atoms with Gasteiger partial charge in [-0.1, -0.05) is 25.1 Å². The van der Waals surface area contributed by atoms with Gasteiger partial charge in [-0.2, -0.15) is 0 Å². The number of allylic oxidation sites excluding steroid dienone is 2. The van der Waals surface area contributed by atoms with Crippen LogP contribution in [0.25, 0.3) is 0 Å². The Labute approximate surface area is 112 Å². The highest BCUT2D eigenvalue weighted by atomic mass is 16.2. The summed E-state index contributed by atoms with van der Waals surface area (Å²) in [7, 11) is 0. The molecule has 0 atom stereocenters. The van der Waals surface area contributed by atoms with Gasteiger partial charge in [-0.15, -0.1) is 0 Å². The van der Waals surface area contributed by atoms with Crippen molar-refractivity contribution in [2.24, 2.45) is 5.73 Å². The van der Waals surface area contributed by atoms with E-state index in [1.165, 1.54) is 16.7 Å². The lowest BCUT2D eigenvalue weighted by Gasteiger charge is -2.20. The second kappa shape index (κ2) is 5.26. The molecule has 0 saturated carbocycles. The van der Waals surface area contributed by atoms with E-state index in [9.17, 15) is 9.59 Å². The summed E-state index contributed by atoms with van der Waals surface area (Å²) in [6.45, 7) is 5.02. The van der Waals surface area contributed by atoms with E-state index in [4.69, 9.17) is 5.73 Å². The van der Waals surface area contributed by atoms with Crippen LogP contribution in [0.4, 0.5) is 0 Å². The number of aryl methyl sites for hydroxylation is 1. The molecule has 0 radical (unpaired) electrons. The number of hydrogen-bond donors (Lipinski definition) is 1. The fourth-order valence-electron chi connectivity index (χ4n) is 2.48. The van der Waals surface area contributed by atoms with Gasteiger partial charge in [0.15, 0.2) is 6.29 Å². The summed E-state index contributed by atoms with van der Waals surface area (Å²) < 4.78 is 0. The highest BCUT2D eigenvalue weighted by molar-refractivity contribution is 6.32. The lowest BCUT2D eigenvalue weighted by Crippen LogP contribution is -2.26. The van der Waals surface area contributed by atoms with Crippen LogP contribution in [0.2, 0.25) is 0 Å². The third-order valence-electron chi connectivity index (χ3n) is 3.43. The van der Waals surface area contributed by atoms with Crippen LogP contribution < -0.4 is 5.73 Å². The van der Waals surface area contributed by atoms with E-state index in [2.05, 4.69) is 25.1 Å². The zero-order valence-electron chi connectivity index (χ0n) is 11.3. The van der Waals surface area contributed by atoms with E-state index < -0.39 is 5.78 Å². The SMILES string of the molecule is CCc1ccc2c(c1)CN(/C(C(=O)C=O)=C(/C)N)C2. The van der Waals surface area contributed by atoms with E-state index in [1.54, 1.807) is 6.92 Å². The number of ketones is 1. The summed E-state index contributed by atoms with van der Waals surface area (Å²) in [6, 6.07) is 6.34. The molecule has 4 heteroatoms. The average molecular weight is 258 g/mol. The molecule has 2 N–H and O–H groups in total. The predicted molar refractivity (Wildman–Crippen MR) is 73.0 cm³/mol. The number of nitrogens with zero attached hydrogens (tertiary/aromatic N) is 1. The van der Waals surface area contributed by atoms with Gasteiger partial charge >= 0.3 is 0 Å². The Balaban J connectivity index is 2.30. The molecule has 1 heterocycles. The Kier molecular flexibility index (Phi) is 3.69. The van der Waals surface area contributed by atoms with E-state index in [0.29, 0.717) is 30.8 Å². The van der Waals surface area contributed by atoms with Gasteiger partial charge in [-0.3, -0.25) is 9.59 Å². The number of Topliss-reactive ketones (excluding diaryl/α,β-unsaturated/α-hetero) is 1. The zero-order chi connectivity index (χ0) is 14.0. The lowest BCUT2D eigenvalue weighted by molar-refractivity contribution is -0.128. The molecule has 0 bridgehead atoms. The van der Waals surface area contributed by atoms with Crippen LogP contribution in [0, 0.1) is 0 Å². The maximum atomic E-state index is 11.7. The lowest BCUT2D eigenvalue weighted by atomic mass is 10.1. The van der Waals surface area contributed by atoms with E-state index >= 15 is 0 Å². The topological polar surface area (TPSA) is 63.4 Å². The molecule has 0 amide bonds. The van der Waals surface area contributed by atoms with Gasteiger partial charge in [0, 0.05) is 18.8 Å². The molecule has 1 aliphatic rings. The quantitative estimate of drug-likeness (QED) is 0.505. The molecule has 1 aliphatic heterocycles. The molecule has 1 aromatic rings. The smallest absolute Gasteiger partial charge is 0.243 e. The minimum atomic E-state index is -0.552. The molecule has 0 aliphatic carbocycles. The Morgan fingerprint density at radius 3 is 2.63 bits per heavy atom. The number of fused-ring (bicyclic) bond motifs is 1. The highest BCUT2D eigenvalue weighted by Gasteiger charge is 2.25.